The van der Waals surface area contributed by atoms with Crippen molar-refractivity contribution in [1.82, 2.24) is 10.5 Å². The zero-order valence-corrected chi connectivity index (χ0v) is 13.6. The minimum atomic E-state index is 0. The number of aryl methyl sites for hydroxylation is 2. The molecule has 0 saturated heterocycles. The number of nitrogens with zero attached hydrogens (tertiary/aromatic N) is 1. The summed E-state index contributed by atoms with van der Waals surface area (Å²) >= 11 is 0. The first kappa shape index (κ1) is 16.4. The maximum atomic E-state index is 5.84. The highest BCUT2D eigenvalue weighted by Gasteiger charge is 2.10. The van der Waals surface area contributed by atoms with Gasteiger partial charge in [0.2, 0.25) is 0 Å². The molecular formula is C16H19ClN2O3. The Morgan fingerprint density at radius 1 is 1.23 bits per heavy atom. The van der Waals surface area contributed by atoms with E-state index in [4.69, 9.17) is 13.7 Å². The number of methoxy groups -OCH3 is 1. The largest absolute Gasteiger partial charge is 0.493 e. The lowest BCUT2D eigenvalue weighted by Crippen LogP contribution is -2.13. The van der Waals surface area contributed by atoms with Gasteiger partial charge in [0, 0.05) is 17.5 Å². The molecule has 5 nitrogen and oxygen atoms in total. The third-order valence-electron chi connectivity index (χ3n) is 3.56. The fraction of sp³-hybridized carbons (Fsp3) is 0.312. The van der Waals surface area contributed by atoms with Crippen LogP contribution in [0.1, 0.15) is 22.8 Å². The second kappa shape index (κ2) is 6.85. The van der Waals surface area contributed by atoms with Crippen LogP contribution in [0.5, 0.6) is 5.75 Å². The van der Waals surface area contributed by atoms with Crippen molar-refractivity contribution in [3.05, 3.63) is 47.0 Å². The molecule has 0 spiro atoms. The summed E-state index contributed by atoms with van der Waals surface area (Å²) in [4.78, 5) is 0. The third kappa shape index (κ3) is 3.10. The van der Waals surface area contributed by atoms with Gasteiger partial charge in [-0.3, -0.25) is 0 Å². The Kier molecular flexibility index (Phi) is 5.11. The highest BCUT2D eigenvalue weighted by molar-refractivity contribution is 5.85. The summed E-state index contributed by atoms with van der Waals surface area (Å²) in [6.07, 6.45) is 0. The van der Waals surface area contributed by atoms with Crippen LogP contribution < -0.4 is 10.1 Å². The number of hydrogen-bond acceptors (Lipinski definition) is 5. The molecule has 0 radical (unpaired) electrons. The number of benzene rings is 1. The first-order chi connectivity index (χ1) is 10.2. The van der Waals surface area contributed by atoms with E-state index in [1.165, 1.54) is 0 Å². The van der Waals surface area contributed by atoms with Gasteiger partial charge in [-0.25, -0.2) is 0 Å². The van der Waals surface area contributed by atoms with E-state index < -0.39 is 0 Å². The van der Waals surface area contributed by atoms with Gasteiger partial charge in [0.15, 0.2) is 11.3 Å². The predicted molar refractivity (Wildman–Crippen MR) is 86.5 cm³/mol. The second-order valence-corrected chi connectivity index (χ2v) is 5.00. The lowest BCUT2D eigenvalue weighted by molar-refractivity contribution is 0.391. The van der Waals surface area contributed by atoms with Crippen LogP contribution in [0.15, 0.2) is 33.2 Å². The van der Waals surface area contributed by atoms with Gasteiger partial charge in [-0.1, -0.05) is 17.3 Å². The molecule has 0 aliphatic carbocycles. The summed E-state index contributed by atoms with van der Waals surface area (Å²) in [6.45, 7) is 5.21. The standard InChI is InChI=1S/C16H18N2O3.ClH/c1-10-14(11(2)21-18-10)9-17-8-13-7-12-5-4-6-15(19-3)16(12)20-13;/h4-7,17H,8-9H2,1-3H3;1H. The summed E-state index contributed by atoms with van der Waals surface area (Å²) in [5, 5.41) is 8.34. The van der Waals surface area contributed by atoms with Gasteiger partial charge in [-0.05, 0) is 26.0 Å². The fourth-order valence-electron chi connectivity index (χ4n) is 2.40. The molecule has 118 valence electrons. The molecule has 2 aromatic heterocycles. The van der Waals surface area contributed by atoms with Crippen LogP contribution in [0, 0.1) is 13.8 Å². The molecule has 0 fully saturated rings. The highest BCUT2D eigenvalue weighted by atomic mass is 35.5. The molecular weight excluding hydrogens is 304 g/mol. The van der Waals surface area contributed by atoms with Crippen molar-refractivity contribution in [2.24, 2.45) is 0 Å². The Morgan fingerprint density at radius 2 is 2.05 bits per heavy atom. The van der Waals surface area contributed by atoms with E-state index in [0.29, 0.717) is 13.1 Å². The quantitative estimate of drug-likeness (QED) is 0.775. The van der Waals surface area contributed by atoms with Crippen LogP contribution in [0.3, 0.4) is 0 Å². The molecule has 6 heteroatoms. The number of ether oxygens (including phenoxy) is 1. The summed E-state index contributed by atoms with van der Waals surface area (Å²) in [6, 6.07) is 7.89. The summed E-state index contributed by atoms with van der Waals surface area (Å²) < 4.78 is 16.3. The number of halogens is 1. The van der Waals surface area contributed by atoms with Gasteiger partial charge < -0.3 is 19.0 Å². The van der Waals surface area contributed by atoms with Crippen LogP contribution in [0.25, 0.3) is 11.0 Å². The molecule has 3 aromatic rings. The van der Waals surface area contributed by atoms with Crippen LogP contribution in [-0.2, 0) is 13.1 Å². The Labute approximate surface area is 135 Å². The Morgan fingerprint density at radius 3 is 2.73 bits per heavy atom. The van der Waals surface area contributed by atoms with Crippen molar-refractivity contribution in [2.75, 3.05) is 7.11 Å². The van der Waals surface area contributed by atoms with Crippen LogP contribution in [-0.4, -0.2) is 12.3 Å². The summed E-state index contributed by atoms with van der Waals surface area (Å²) in [7, 11) is 1.65. The van der Waals surface area contributed by atoms with Crippen molar-refractivity contribution in [1.29, 1.82) is 0 Å². The van der Waals surface area contributed by atoms with E-state index in [1.54, 1.807) is 7.11 Å². The average Bonchev–Trinajstić information content (AvgIpc) is 3.04. The molecule has 2 heterocycles. The molecule has 0 amide bonds. The Balaban J connectivity index is 0.00000176. The van der Waals surface area contributed by atoms with Crippen LogP contribution in [0.2, 0.25) is 0 Å². The lowest BCUT2D eigenvalue weighted by Gasteiger charge is -2.02. The molecule has 0 unspecified atom stereocenters. The van der Waals surface area contributed by atoms with Gasteiger partial charge in [0.25, 0.3) is 0 Å². The highest BCUT2D eigenvalue weighted by Crippen LogP contribution is 2.28. The molecule has 1 N–H and O–H groups in total. The predicted octanol–water partition coefficient (Wildman–Crippen LogP) is 3.76. The van der Waals surface area contributed by atoms with E-state index in [0.717, 1.165) is 39.5 Å². The minimum Gasteiger partial charge on any atom is -0.493 e. The molecule has 0 aliphatic rings. The maximum Gasteiger partial charge on any atom is 0.176 e. The van der Waals surface area contributed by atoms with Gasteiger partial charge in [0.1, 0.15) is 11.5 Å². The van der Waals surface area contributed by atoms with Crippen molar-refractivity contribution in [2.45, 2.75) is 26.9 Å². The number of hydrogen-bond donors (Lipinski definition) is 1. The van der Waals surface area contributed by atoms with E-state index in [-0.39, 0.29) is 12.4 Å². The zero-order valence-electron chi connectivity index (χ0n) is 12.8. The molecule has 0 aliphatic heterocycles. The van der Waals surface area contributed by atoms with Gasteiger partial charge in [0.05, 0.1) is 19.3 Å². The normalized spacial score (nSPS) is 10.7. The van der Waals surface area contributed by atoms with E-state index >= 15 is 0 Å². The third-order valence-corrected chi connectivity index (χ3v) is 3.56. The van der Waals surface area contributed by atoms with Crippen molar-refractivity contribution in [3.63, 3.8) is 0 Å². The first-order valence-corrected chi connectivity index (χ1v) is 6.87. The molecule has 0 atom stereocenters. The SMILES string of the molecule is COc1cccc2cc(CNCc3c(C)noc3C)oc12.Cl. The van der Waals surface area contributed by atoms with Crippen molar-refractivity contribution in [3.8, 4) is 5.75 Å². The summed E-state index contributed by atoms with van der Waals surface area (Å²) in [5.41, 5.74) is 2.81. The smallest absolute Gasteiger partial charge is 0.176 e. The number of furan rings is 1. The Bertz CT molecular complexity index is 744. The molecule has 0 saturated carbocycles. The average molecular weight is 323 g/mol. The van der Waals surface area contributed by atoms with Gasteiger partial charge in [-0.2, -0.15) is 0 Å². The van der Waals surface area contributed by atoms with E-state index in [1.807, 2.05) is 38.1 Å². The van der Waals surface area contributed by atoms with Crippen LogP contribution in [0.4, 0.5) is 0 Å². The number of fused-ring (bicyclic) bond motifs is 1. The summed E-state index contributed by atoms with van der Waals surface area (Å²) in [5.74, 6) is 2.48. The first-order valence-electron chi connectivity index (χ1n) is 6.87. The number of aromatic nitrogens is 1. The van der Waals surface area contributed by atoms with Gasteiger partial charge in [-0.15, -0.1) is 12.4 Å². The van der Waals surface area contributed by atoms with E-state index in [9.17, 15) is 0 Å². The topological polar surface area (TPSA) is 60.4 Å². The molecule has 1 aromatic carbocycles. The number of rotatable bonds is 5. The molecule has 3 rings (SSSR count). The monoisotopic (exact) mass is 322 g/mol. The fourth-order valence-corrected chi connectivity index (χ4v) is 2.40. The Hall–Kier alpha value is -1.98. The number of nitrogens with one attached hydrogen (secondary N) is 1. The van der Waals surface area contributed by atoms with Gasteiger partial charge >= 0.3 is 0 Å². The van der Waals surface area contributed by atoms with E-state index in [2.05, 4.69) is 10.5 Å². The molecule has 22 heavy (non-hydrogen) atoms. The van der Waals surface area contributed by atoms with Crippen molar-refractivity contribution < 1.29 is 13.7 Å². The maximum absolute atomic E-state index is 5.84. The second-order valence-electron chi connectivity index (χ2n) is 5.00. The number of para-hydroxylation sites is 1. The lowest BCUT2D eigenvalue weighted by atomic mass is 10.2. The minimum absolute atomic E-state index is 0. The molecule has 0 bridgehead atoms. The zero-order chi connectivity index (χ0) is 14.8. The van der Waals surface area contributed by atoms with Crippen molar-refractivity contribution >= 4 is 23.4 Å². The van der Waals surface area contributed by atoms with Crippen LogP contribution >= 0.6 is 12.4 Å².